The van der Waals surface area contributed by atoms with Crippen molar-refractivity contribution in [1.29, 1.82) is 0 Å². The third kappa shape index (κ3) is 3.35. The second kappa shape index (κ2) is 6.70. The minimum Gasteiger partial charge on any atom is -0.387 e. The lowest BCUT2D eigenvalue weighted by molar-refractivity contribution is -0.135. The molecule has 1 aliphatic heterocycles. The number of rotatable bonds is 5. The number of likely N-dealkylation sites (tertiary alicyclic amines) is 1. The van der Waals surface area contributed by atoms with Gasteiger partial charge in [-0.3, -0.25) is 4.79 Å². The van der Waals surface area contributed by atoms with Gasteiger partial charge in [0, 0.05) is 37.9 Å². The molecule has 0 bridgehead atoms. The molecule has 2 heterocycles. The Morgan fingerprint density at radius 3 is 3.16 bits per heavy atom. The molecule has 106 valence electrons. The molecule has 0 unspecified atom stereocenters. The number of imidazole rings is 1. The summed E-state index contributed by atoms with van der Waals surface area (Å²) in [5.41, 5.74) is 0. The number of aryl methyl sites for hydroxylation is 1. The Balaban J connectivity index is 2.04. The molecule has 1 saturated heterocycles. The lowest BCUT2D eigenvalue weighted by Crippen LogP contribution is -2.41. The normalized spacial score (nSPS) is 19.7. The van der Waals surface area contributed by atoms with Crippen molar-refractivity contribution < 1.29 is 9.90 Å². The maximum Gasteiger partial charge on any atom is 0.248 e. The largest absolute Gasteiger partial charge is 0.387 e. The smallest absolute Gasteiger partial charge is 0.248 e. The molecule has 0 spiro atoms. The second-order valence-electron chi connectivity index (χ2n) is 5.17. The number of carbonyl (C=O) groups is 1. The van der Waals surface area contributed by atoms with Gasteiger partial charge in [-0.15, -0.1) is 0 Å². The molecular formula is C14H23N3O2. The molecule has 0 aliphatic carbocycles. The van der Waals surface area contributed by atoms with Gasteiger partial charge in [0.2, 0.25) is 5.91 Å². The van der Waals surface area contributed by atoms with Crippen LogP contribution in [-0.2, 0) is 11.3 Å². The Morgan fingerprint density at radius 2 is 2.42 bits per heavy atom. The molecule has 2 rings (SSSR count). The molecule has 0 aromatic carbocycles. The summed E-state index contributed by atoms with van der Waals surface area (Å²) in [4.78, 5) is 17.8. The predicted molar refractivity (Wildman–Crippen MR) is 72.8 cm³/mol. The summed E-state index contributed by atoms with van der Waals surface area (Å²) in [6.45, 7) is 4.22. The Labute approximate surface area is 114 Å². The van der Waals surface area contributed by atoms with E-state index in [1.807, 2.05) is 12.4 Å². The van der Waals surface area contributed by atoms with Crippen LogP contribution in [0.4, 0.5) is 0 Å². The van der Waals surface area contributed by atoms with E-state index in [-0.39, 0.29) is 5.91 Å². The standard InChI is InChI=1S/C14H23N3O2/c1-2-3-7-16-9-6-15-14(16)12-5-4-8-17(10-12)13(19)11-18/h6,9,12,18H,2-5,7-8,10-11H2,1H3/t12-/m0/s1. The lowest BCUT2D eigenvalue weighted by Gasteiger charge is -2.32. The van der Waals surface area contributed by atoms with E-state index in [2.05, 4.69) is 16.5 Å². The summed E-state index contributed by atoms with van der Waals surface area (Å²) < 4.78 is 2.21. The van der Waals surface area contributed by atoms with E-state index in [9.17, 15) is 4.79 Å². The highest BCUT2D eigenvalue weighted by Crippen LogP contribution is 2.26. The zero-order valence-corrected chi connectivity index (χ0v) is 11.6. The SMILES string of the molecule is CCCCn1ccnc1[C@H]1CCCN(C(=O)CO)C1. The van der Waals surface area contributed by atoms with E-state index in [0.29, 0.717) is 12.5 Å². The fraction of sp³-hybridized carbons (Fsp3) is 0.714. The number of aliphatic hydroxyl groups is 1. The highest BCUT2D eigenvalue weighted by molar-refractivity contribution is 5.77. The van der Waals surface area contributed by atoms with Gasteiger partial charge in [-0.05, 0) is 19.3 Å². The van der Waals surface area contributed by atoms with Crippen molar-refractivity contribution in [3.05, 3.63) is 18.2 Å². The molecule has 1 amide bonds. The van der Waals surface area contributed by atoms with Crippen molar-refractivity contribution >= 4 is 5.91 Å². The van der Waals surface area contributed by atoms with Gasteiger partial charge in [0.25, 0.3) is 0 Å². The van der Waals surface area contributed by atoms with Gasteiger partial charge in [-0.2, -0.15) is 0 Å². The average Bonchev–Trinajstić information content (AvgIpc) is 2.92. The highest BCUT2D eigenvalue weighted by Gasteiger charge is 2.26. The quantitative estimate of drug-likeness (QED) is 0.875. The molecule has 1 atom stereocenters. The number of piperidine rings is 1. The van der Waals surface area contributed by atoms with Gasteiger partial charge in [0.1, 0.15) is 12.4 Å². The van der Waals surface area contributed by atoms with E-state index in [0.717, 1.165) is 44.6 Å². The highest BCUT2D eigenvalue weighted by atomic mass is 16.3. The number of nitrogens with zero attached hydrogens (tertiary/aromatic N) is 3. The molecule has 0 radical (unpaired) electrons. The summed E-state index contributed by atoms with van der Waals surface area (Å²) in [7, 11) is 0. The number of aromatic nitrogens is 2. The van der Waals surface area contributed by atoms with Gasteiger partial charge in [-0.25, -0.2) is 4.98 Å². The number of aliphatic hydroxyl groups excluding tert-OH is 1. The van der Waals surface area contributed by atoms with Crippen LogP contribution in [0.5, 0.6) is 0 Å². The molecule has 1 aromatic heterocycles. The van der Waals surface area contributed by atoms with Crippen molar-refractivity contribution in [2.45, 2.75) is 45.1 Å². The number of amides is 1. The fourth-order valence-corrected chi connectivity index (χ4v) is 2.71. The molecule has 5 nitrogen and oxygen atoms in total. The summed E-state index contributed by atoms with van der Waals surface area (Å²) >= 11 is 0. The number of hydrogen-bond donors (Lipinski definition) is 1. The number of hydrogen-bond acceptors (Lipinski definition) is 3. The summed E-state index contributed by atoms with van der Waals surface area (Å²) in [6.07, 6.45) is 8.23. The van der Waals surface area contributed by atoms with Crippen molar-refractivity contribution in [2.24, 2.45) is 0 Å². The Kier molecular flexibility index (Phi) is 4.96. The van der Waals surface area contributed by atoms with Gasteiger partial charge in [0.05, 0.1) is 0 Å². The van der Waals surface area contributed by atoms with Crippen LogP contribution in [-0.4, -0.2) is 45.2 Å². The first-order valence-electron chi connectivity index (χ1n) is 7.16. The van der Waals surface area contributed by atoms with Gasteiger partial charge >= 0.3 is 0 Å². The van der Waals surface area contributed by atoms with E-state index < -0.39 is 6.61 Å². The van der Waals surface area contributed by atoms with Crippen LogP contribution in [0, 0.1) is 0 Å². The molecule has 19 heavy (non-hydrogen) atoms. The third-order valence-corrected chi connectivity index (χ3v) is 3.77. The van der Waals surface area contributed by atoms with E-state index >= 15 is 0 Å². The molecule has 5 heteroatoms. The first-order chi connectivity index (χ1) is 9.26. The topological polar surface area (TPSA) is 58.4 Å². The van der Waals surface area contributed by atoms with Crippen molar-refractivity contribution in [3.63, 3.8) is 0 Å². The molecular weight excluding hydrogens is 242 g/mol. The second-order valence-corrected chi connectivity index (χ2v) is 5.17. The van der Waals surface area contributed by atoms with E-state index in [1.54, 1.807) is 4.90 Å². The summed E-state index contributed by atoms with van der Waals surface area (Å²) in [5.74, 6) is 1.22. The van der Waals surface area contributed by atoms with Crippen molar-refractivity contribution in [2.75, 3.05) is 19.7 Å². The van der Waals surface area contributed by atoms with Gasteiger partial charge in [-0.1, -0.05) is 13.3 Å². The minimum atomic E-state index is -0.392. The van der Waals surface area contributed by atoms with Crippen LogP contribution in [0.1, 0.15) is 44.3 Å². The van der Waals surface area contributed by atoms with Crippen LogP contribution in [0.2, 0.25) is 0 Å². The van der Waals surface area contributed by atoms with Crippen LogP contribution in [0.3, 0.4) is 0 Å². The van der Waals surface area contributed by atoms with Gasteiger partial charge in [0.15, 0.2) is 0 Å². The molecule has 0 saturated carbocycles. The average molecular weight is 265 g/mol. The van der Waals surface area contributed by atoms with Crippen LogP contribution >= 0.6 is 0 Å². The molecule has 1 aromatic rings. The van der Waals surface area contributed by atoms with Crippen molar-refractivity contribution in [1.82, 2.24) is 14.5 Å². The number of carbonyl (C=O) groups excluding carboxylic acids is 1. The zero-order valence-electron chi connectivity index (χ0n) is 11.6. The van der Waals surface area contributed by atoms with Crippen LogP contribution < -0.4 is 0 Å². The Bertz CT molecular complexity index is 417. The maximum absolute atomic E-state index is 11.6. The zero-order chi connectivity index (χ0) is 13.7. The lowest BCUT2D eigenvalue weighted by atomic mass is 9.97. The first-order valence-corrected chi connectivity index (χ1v) is 7.16. The summed E-state index contributed by atoms with van der Waals surface area (Å²) in [5, 5.41) is 8.96. The molecule has 1 N–H and O–H groups in total. The molecule has 1 aliphatic rings. The van der Waals surface area contributed by atoms with E-state index in [1.165, 1.54) is 0 Å². The minimum absolute atomic E-state index is 0.170. The molecule has 1 fully saturated rings. The maximum atomic E-state index is 11.6. The first kappa shape index (κ1) is 14.1. The van der Waals surface area contributed by atoms with Gasteiger partial charge < -0.3 is 14.6 Å². The predicted octanol–water partition coefficient (Wildman–Crippen LogP) is 1.38. The Hall–Kier alpha value is -1.36. The Morgan fingerprint density at radius 1 is 1.58 bits per heavy atom. The summed E-state index contributed by atoms with van der Waals surface area (Å²) in [6, 6.07) is 0. The van der Waals surface area contributed by atoms with E-state index in [4.69, 9.17) is 5.11 Å². The monoisotopic (exact) mass is 265 g/mol. The van der Waals surface area contributed by atoms with Crippen LogP contribution in [0.25, 0.3) is 0 Å². The number of unbranched alkanes of at least 4 members (excludes halogenated alkanes) is 1. The fourth-order valence-electron chi connectivity index (χ4n) is 2.71. The van der Waals surface area contributed by atoms with Crippen LogP contribution in [0.15, 0.2) is 12.4 Å². The third-order valence-electron chi connectivity index (χ3n) is 3.77. The van der Waals surface area contributed by atoms with Crippen molar-refractivity contribution in [3.8, 4) is 0 Å².